The Balaban J connectivity index is 1.32. The first kappa shape index (κ1) is 21.1. The molecule has 0 saturated heterocycles. The van der Waals surface area contributed by atoms with Gasteiger partial charge >= 0.3 is 6.03 Å². The molecule has 0 aliphatic carbocycles. The molecule has 5 rings (SSSR count). The van der Waals surface area contributed by atoms with Crippen LogP contribution in [0.5, 0.6) is 0 Å². The largest absolute Gasteiger partial charge is 0.362 e. The van der Waals surface area contributed by atoms with E-state index in [-0.39, 0.29) is 11.9 Å². The molecule has 1 aliphatic rings. The molecule has 0 unspecified atom stereocenters. The van der Waals surface area contributed by atoms with Crippen molar-refractivity contribution in [1.29, 1.82) is 0 Å². The molecule has 1 aliphatic heterocycles. The van der Waals surface area contributed by atoms with Crippen LogP contribution in [0.15, 0.2) is 85.1 Å². The van der Waals surface area contributed by atoms with Gasteiger partial charge in [-0.2, -0.15) is 0 Å². The number of nitrogens with one attached hydrogen (secondary N) is 5. The summed E-state index contributed by atoms with van der Waals surface area (Å²) in [6.07, 6.45) is 3.66. The normalized spacial score (nSPS) is 13.3. The SMILES string of the molecule is Cc1ccc(Nc2ccc3c(c2)NC(=O)/C3=C/c2ccc[nH]2)cc1NC(=O)Nc1ccccc1. The maximum atomic E-state index is 12.5. The first-order chi connectivity index (χ1) is 16.5. The van der Waals surface area contributed by atoms with E-state index in [0.29, 0.717) is 11.3 Å². The molecule has 0 fully saturated rings. The van der Waals surface area contributed by atoms with Crippen molar-refractivity contribution in [3.8, 4) is 0 Å². The number of urea groups is 1. The highest BCUT2D eigenvalue weighted by Gasteiger charge is 2.24. The highest BCUT2D eigenvalue weighted by atomic mass is 16.2. The molecule has 2 heterocycles. The van der Waals surface area contributed by atoms with E-state index in [1.54, 1.807) is 0 Å². The Hall–Kier alpha value is -4.78. The van der Waals surface area contributed by atoms with E-state index in [4.69, 9.17) is 0 Å². The Morgan fingerprint density at radius 1 is 0.853 bits per heavy atom. The van der Waals surface area contributed by atoms with E-state index in [1.807, 2.05) is 98.1 Å². The zero-order valence-electron chi connectivity index (χ0n) is 18.5. The molecular formula is C27H23N5O2. The average Bonchev–Trinajstić information content (AvgIpc) is 3.44. The van der Waals surface area contributed by atoms with Crippen molar-refractivity contribution < 1.29 is 9.59 Å². The lowest BCUT2D eigenvalue weighted by Gasteiger charge is -2.13. The fourth-order valence-corrected chi connectivity index (χ4v) is 3.81. The van der Waals surface area contributed by atoms with Gasteiger partial charge in [0.05, 0.1) is 11.3 Å². The summed E-state index contributed by atoms with van der Waals surface area (Å²) in [5.41, 5.74) is 7.09. The number of carbonyl (C=O) groups excluding carboxylic acids is 2. The number of H-pyrrole nitrogens is 1. The van der Waals surface area contributed by atoms with Gasteiger partial charge in [-0.15, -0.1) is 0 Å². The van der Waals surface area contributed by atoms with Gasteiger partial charge in [0.1, 0.15) is 0 Å². The fraction of sp³-hybridized carbons (Fsp3) is 0.0370. The van der Waals surface area contributed by atoms with Gasteiger partial charge in [-0.25, -0.2) is 4.79 Å². The van der Waals surface area contributed by atoms with Crippen LogP contribution >= 0.6 is 0 Å². The molecule has 5 N–H and O–H groups in total. The molecule has 0 radical (unpaired) electrons. The number of hydrogen-bond acceptors (Lipinski definition) is 3. The van der Waals surface area contributed by atoms with Crippen LogP contribution in [0.1, 0.15) is 16.8 Å². The zero-order valence-corrected chi connectivity index (χ0v) is 18.5. The van der Waals surface area contributed by atoms with Crippen molar-refractivity contribution in [1.82, 2.24) is 4.98 Å². The van der Waals surface area contributed by atoms with Crippen LogP contribution in [0.25, 0.3) is 11.6 Å². The van der Waals surface area contributed by atoms with Crippen molar-refractivity contribution in [2.75, 3.05) is 21.3 Å². The van der Waals surface area contributed by atoms with Crippen LogP contribution in [-0.2, 0) is 4.79 Å². The molecule has 0 spiro atoms. The molecule has 1 aromatic heterocycles. The second kappa shape index (κ2) is 8.99. The summed E-state index contributed by atoms with van der Waals surface area (Å²) in [6, 6.07) is 24.3. The Morgan fingerprint density at radius 2 is 1.65 bits per heavy atom. The summed E-state index contributed by atoms with van der Waals surface area (Å²) >= 11 is 0. The predicted molar refractivity (Wildman–Crippen MR) is 137 cm³/mol. The highest BCUT2D eigenvalue weighted by Crippen LogP contribution is 2.36. The van der Waals surface area contributed by atoms with Crippen LogP contribution in [0.3, 0.4) is 0 Å². The number of aromatic nitrogens is 1. The first-order valence-corrected chi connectivity index (χ1v) is 10.9. The Kier molecular flexibility index (Phi) is 5.58. The summed E-state index contributed by atoms with van der Waals surface area (Å²) in [5.74, 6) is -0.131. The molecule has 3 aromatic carbocycles. The maximum Gasteiger partial charge on any atom is 0.323 e. The van der Waals surface area contributed by atoms with Crippen LogP contribution in [-0.4, -0.2) is 16.9 Å². The average molecular weight is 450 g/mol. The van der Waals surface area contributed by atoms with Crippen molar-refractivity contribution in [3.05, 3.63) is 102 Å². The van der Waals surface area contributed by atoms with E-state index >= 15 is 0 Å². The lowest BCUT2D eigenvalue weighted by Crippen LogP contribution is -2.19. The number of aryl methyl sites for hydroxylation is 1. The summed E-state index contributed by atoms with van der Waals surface area (Å²) in [7, 11) is 0. The van der Waals surface area contributed by atoms with Gasteiger partial charge in [0.25, 0.3) is 5.91 Å². The molecule has 34 heavy (non-hydrogen) atoms. The van der Waals surface area contributed by atoms with Gasteiger partial charge in [0.15, 0.2) is 0 Å². The second-order valence-corrected chi connectivity index (χ2v) is 8.00. The third kappa shape index (κ3) is 4.54. The van der Waals surface area contributed by atoms with Crippen molar-refractivity contribution in [2.45, 2.75) is 6.92 Å². The lowest BCUT2D eigenvalue weighted by atomic mass is 10.1. The van der Waals surface area contributed by atoms with Gasteiger partial charge in [0.2, 0.25) is 0 Å². The lowest BCUT2D eigenvalue weighted by molar-refractivity contribution is -0.110. The number of fused-ring (bicyclic) bond motifs is 1. The summed E-state index contributed by atoms with van der Waals surface area (Å²) in [4.78, 5) is 28.0. The molecule has 4 aromatic rings. The molecule has 7 heteroatoms. The third-order valence-electron chi connectivity index (χ3n) is 5.53. The molecule has 0 bridgehead atoms. The number of benzene rings is 3. The van der Waals surface area contributed by atoms with E-state index < -0.39 is 0 Å². The smallest absolute Gasteiger partial charge is 0.323 e. The zero-order chi connectivity index (χ0) is 23.5. The number of hydrogen-bond donors (Lipinski definition) is 5. The van der Waals surface area contributed by atoms with Crippen LogP contribution < -0.4 is 21.3 Å². The topological polar surface area (TPSA) is 98.0 Å². The number of rotatable bonds is 5. The van der Waals surface area contributed by atoms with Crippen molar-refractivity contribution in [2.24, 2.45) is 0 Å². The Labute approximate surface area is 196 Å². The number of anilines is 5. The summed E-state index contributed by atoms with van der Waals surface area (Å²) in [5, 5.41) is 12.0. The summed E-state index contributed by atoms with van der Waals surface area (Å²) in [6.45, 7) is 1.94. The first-order valence-electron chi connectivity index (χ1n) is 10.9. The van der Waals surface area contributed by atoms with Crippen LogP contribution in [0, 0.1) is 6.92 Å². The number of carbonyl (C=O) groups is 2. The number of amides is 3. The van der Waals surface area contributed by atoms with Crippen molar-refractivity contribution in [3.63, 3.8) is 0 Å². The minimum atomic E-state index is -0.312. The standard InChI is InChI=1S/C27H23N5O2/c1-17-9-10-20(15-24(17)32-27(34)30-18-6-3-2-4-7-18)29-21-11-12-22-23(14-19-8-5-13-28-19)26(33)31-25(22)16-21/h2-16,28-29H,1H3,(H,31,33)(H2,30,32,34)/b23-14+. The summed E-state index contributed by atoms with van der Waals surface area (Å²) < 4.78 is 0. The predicted octanol–water partition coefficient (Wildman–Crippen LogP) is 6.20. The van der Waals surface area contributed by atoms with Crippen LogP contribution in [0.4, 0.5) is 33.2 Å². The van der Waals surface area contributed by atoms with Gasteiger partial charge < -0.3 is 26.3 Å². The van der Waals surface area contributed by atoms with E-state index in [1.165, 1.54) is 0 Å². The fourth-order valence-electron chi connectivity index (χ4n) is 3.81. The molecule has 7 nitrogen and oxygen atoms in total. The van der Waals surface area contributed by atoms with Crippen molar-refractivity contribution >= 4 is 52.0 Å². The molecule has 168 valence electrons. The number of aromatic amines is 1. The van der Waals surface area contributed by atoms with Gasteiger partial charge in [-0.05, 0) is 67.1 Å². The minimum absolute atomic E-state index is 0.131. The van der Waals surface area contributed by atoms with E-state index in [2.05, 4.69) is 26.3 Å². The maximum absolute atomic E-state index is 12.5. The second-order valence-electron chi connectivity index (χ2n) is 8.00. The molecule has 0 saturated carbocycles. The van der Waals surface area contributed by atoms with Gasteiger partial charge in [-0.3, -0.25) is 4.79 Å². The third-order valence-corrected chi connectivity index (χ3v) is 5.53. The molecule has 0 atom stereocenters. The highest BCUT2D eigenvalue weighted by molar-refractivity contribution is 6.35. The monoisotopic (exact) mass is 449 g/mol. The van der Waals surface area contributed by atoms with E-state index in [9.17, 15) is 9.59 Å². The Morgan fingerprint density at radius 3 is 2.44 bits per heavy atom. The minimum Gasteiger partial charge on any atom is -0.362 e. The van der Waals surface area contributed by atoms with Gasteiger partial charge in [0, 0.05) is 40.2 Å². The molecular weight excluding hydrogens is 426 g/mol. The quantitative estimate of drug-likeness (QED) is 0.235. The molecule has 3 amide bonds. The Bertz CT molecular complexity index is 1390. The van der Waals surface area contributed by atoms with Gasteiger partial charge in [-0.1, -0.05) is 30.3 Å². The number of para-hydroxylation sites is 1. The van der Waals surface area contributed by atoms with Crippen LogP contribution in [0.2, 0.25) is 0 Å². The van der Waals surface area contributed by atoms with E-state index in [0.717, 1.165) is 39.6 Å².